The first-order valence-electron chi connectivity index (χ1n) is 4.81. The van der Waals surface area contributed by atoms with E-state index in [9.17, 15) is 0 Å². The standard InChI is InChI=1S/C9H19N3O/c1-12(5-2-9(10)11)8-3-6-13-7-4-8/h8H,2-7H2,1H3,(H3,10,11). The first-order chi connectivity index (χ1) is 6.20. The van der Waals surface area contributed by atoms with E-state index in [4.69, 9.17) is 15.9 Å². The fourth-order valence-electron chi connectivity index (χ4n) is 1.61. The van der Waals surface area contributed by atoms with E-state index in [1.54, 1.807) is 0 Å². The van der Waals surface area contributed by atoms with Gasteiger partial charge in [0.2, 0.25) is 0 Å². The lowest BCUT2D eigenvalue weighted by Gasteiger charge is -2.30. The van der Waals surface area contributed by atoms with E-state index in [0.717, 1.165) is 32.6 Å². The molecule has 0 aromatic rings. The maximum absolute atomic E-state index is 7.13. The number of nitrogens with zero attached hydrogens (tertiary/aromatic N) is 1. The Morgan fingerprint density at radius 2 is 2.15 bits per heavy atom. The maximum Gasteiger partial charge on any atom is 0.0918 e. The number of amidine groups is 1. The number of ether oxygens (including phenoxy) is 1. The fraction of sp³-hybridized carbons (Fsp3) is 0.889. The minimum atomic E-state index is 0.277. The quantitative estimate of drug-likeness (QED) is 0.493. The first-order valence-corrected chi connectivity index (χ1v) is 4.81. The van der Waals surface area contributed by atoms with Gasteiger partial charge >= 0.3 is 0 Å². The van der Waals surface area contributed by atoms with Crippen molar-refractivity contribution in [1.29, 1.82) is 5.41 Å². The molecule has 0 unspecified atom stereocenters. The number of nitrogens with one attached hydrogen (secondary N) is 1. The van der Waals surface area contributed by atoms with Gasteiger partial charge in [-0.2, -0.15) is 0 Å². The van der Waals surface area contributed by atoms with Crippen molar-refractivity contribution in [2.75, 3.05) is 26.8 Å². The van der Waals surface area contributed by atoms with Crippen molar-refractivity contribution >= 4 is 5.84 Å². The first kappa shape index (κ1) is 10.5. The lowest BCUT2D eigenvalue weighted by Crippen LogP contribution is -2.38. The monoisotopic (exact) mass is 185 g/mol. The van der Waals surface area contributed by atoms with E-state index in [2.05, 4.69) is 11.9 Å². The Balaban J connectivity index is 2.20. The molecule has 0 aliphatic carbocycles. The van der Waals surface area contributed by atoms with Crippen LogP contribution in [0.3, 0.4) is 0 Å². The topological polar surface area (TPSA) is 62.3 Å². The fourth-order valence-corrected chi connectivity index (χ4v) is 1.61. The van der Waals surface area contributed by atoms with Crippen LogP contribution in [0.25, 0.3) is 0 Å². The average molecular weight is 185 g/mol. The van der Waals surface area contributed by atoms with E-state index in [-0.39, 0.29) is 5.84 Å². The Hall–Kier alpha value is -0.610. The highest BCUT2D eigenvalue weighted by molar-refractivity contribution is 5.76. The molecule has 0 amide bonds. The molecule has 1 rings (SSSR count). The third-order valence-electron chi connectivity index (χ3n) is 2.55. The summed E-state index contributed by atoms with van der Waals surface area (Å²) in [5.41, 5.74) is 5.30. The Kier molecular flexibility index (Phi) is 4.18. The second kappa shape index (κ2) is 5.19. The number of rotatable bonds is 4. The smallest absolute Gasteiger partial charge is 0.0918 e. The van der Waals surface area contributed by atoms with Gasteiger partial charge in [-0.3, -0.25) is 5.41 Å². The summed E-state index contributed by atoms with van der Waals surface area (Å²) in [4.78, 5) is 2.28. The van der Waals surface area contributed by atoms with E-state index in [1.165, 1.54) is 0 Å². The molecule has 76 valence electrons. The zero-order chi connectivity index (χ0) is 9.68. The van der Waals surface area contributed by atoms with Gasteiger partial charge in [-0.15, -0.1) is 0 Å². The molecule has 1 saturated heterocycles. The molecule has 1 aliphatic heterocycles. The SMILES string of the molecule is CN(CCC(=N)N)C1CCOCC1. The molecule has 0 atom stereocenters. The number of nitrogens with two attached hydrogens (primary N) is 1. The van der Waals surface area contributed by atoms with Crippen LogP contribution in [-0.4, -0.2) is 43.6 Å². The molecule has 1 heterocycles. The predicted octanol–water partition coefficient (Wildman–Crippen LogP) is 0.423. The van der Waals surface area contributed by atoms with Gasteiger partial charge in [0.1, 0.15) is 0 Å². The van der Waals surface area contributed by atoms with Crippen LogP contribution in [-0.2, 0) is 4.74 Å². The summed E-state index contributed by atoms with van der Waals surface area (Å²) < 4.78 is 5.28. The Morgan fingerprint density at radius 3 is 2.69 bits per heavy atom. The lowest BCUT2D eigenvalue weighted by atomic mass is 10.1. The maximum atomic E-state index is 7.13. The van der Waals surface area contributed by atoms with Crippen LogP contribution in [0.4, 0.5) is 0 Å². The van der Waals surface area contributed by atoms with Gasteiger partial charge in [0.05, 0.1) is 5.84 Å². The average Bonchev–Trinajstić information content (AvgIpc) is 2.15. The molecular formula is C9H19N3O. The van der Waals surface area contributed by atoms with Gasteiger partial charge in [0, 0.05) is 32.2 Å². The molecule has 0 bridgehead atoms. The molecule has 0 aromatic carbocycles. The Labute approximate surface area is 79.6 Å². The predicted molar refractivity (Wildman–Crippen MR) is 53.0 cm³/mol. The van der Waals surface area contributed by atoms with Gasteiger partial charge in [-0.25, -0.2) is 0 Å². The molecule has 4 nitrogen and oxygen atoms in total. The van der Waals surface area contributed by atoms with Crippen LogP contribution in [0.5, 0.6) is 0 Å². The summed E-state index contributed by atoms with van der Waals surface area (Å²) in [7, 11) is 2.10. The van der Waals surface area contributed by atoms with Gasteiger partial charge in [0.25, 0.3) is 0 Å². The third kappa shape index (κ3) is 3.74. The molecule has 0 saturated carbocycles. The van der Waals surface area contributed by atoms with Gasteiger partial charge < -0.3 is 15.4 Å². The van der Waals surface area contributed by atoms with Crippen molar-refractivity contribution in [3.63, 3.8) is 0 Å². The van der Waals surface area contributed by atoms with Crippen molar-refractivity contribution in [1.82, 2.24) is 4.90 Å². The number of hydrogen-bond donors (Lipinski definition) is 2. The van der Waals surface area contributed by atoms with Gasteiger partial charge in [-0.1, -0.05) is 0 Å². The second-order valence-corrected chi connectivity index (χ2v) is 3.60. The van der Waals surface area contributed by atoms with Crippen LogP contribution in [0.15, 0.2) is 0 Å². The molecule has 0 aromatic heterocycles. The third-order valence-corrected chi connectivity index (χ3v) is 2.55. The van der Waals surface area contributed by atoms with Crippen molar-refractivity contribution in [2.24, 2.45) is 5.73 Å². The summed E-state index contributed by atoms with van der Waals surface area (Å²) in [5, 5.41) is 7.13. The summed E-state index contributed by atoms with van der Waals surface area (Å²) in [5.74, 6) is 0.277. The van der Waals surface area contributed by atoms with Gasteiger partial charge in [0.15, 0.2) is 0 Å². The molecule has 4 heteroatoms. The minimum Gasteiger partial charge on any atom is -0.388 e. The summed E-state index contributed by atoms with van der Waals surface area (Å²) in [6, 6.07) is 0.619. The molecule has 0 radical (unpaired) electrons. The van der Waals surface area contributed by atoms with E-state index in [1.807, 2.05) is 0 Å². The summed E-state index contributed by atoms with van der Waals surface area (Å²) in [6.45, 7) is 2.63. The Bertz CT molecular complexity index is 166. The van der Waals surface area contributed by atoms with E-state index >= 15 is 0 Å². The van der Waals surface area contributed by atoms with Crippen molar-refractivity contribution in [2.45, 2.75) is 25.3 Å². The normalized spacial score (nSPS) is 19.2. The molecule has 1 fully saturated rings. The van der Waals surface area contributed by atoms with Gasteiger partial charge in [-0.05, 0) is 19.9 Å². The molecule has 0 spiro atoms. The summed E-state index contributed by atoms with van der Waals surface area (Å²) >= 11 is 0. The molecular weight excluding hydrogens is 166 g/mol. The highest BCUT2D eigenvalue weighted by atomic mass is 16.5. The highest BCUT2D eigenvalue weighted by Gasteiger charge is 2.17. The lowest BCUT2D eigenvalue weighted by molar-refractivity contribution is 0.0439. The highest BCUT2D eigenvalue weighted by Crippen LogP contribution is 2.12. The van der Waals surface area contributed by atoms with Crippen LogP contribution in [0, 0.1) is 5.41 Å². The molecule has 3 N–H and O–H groups in total. The van der Waals surface area contributed by atoms with Crippen LogP contribution < -0.4 is 5.73 Å². The van der Waals surface area contributed by atoms with Crippen LogP contribution in [0.2, 0.25) is 0 Å². The van der Waals surface area contributed by atoms with Crippen LogP contribution in [0.1, 0.15) is 19.3 Å². The zero-order valence-corrected chi connectivity index (χ0v) is 8.25. The van der Waals surface area contributed by atoms with Crippen molar-refractivity contribution in [3.8, 4) is 0 Å². The van der Waals surface area contributed by atoms with Crippen molar-refractivity contribution in [3.05, 3.63) is 0 Å². The molecule has 13 heavy (non-hydrogen) atoms. The van der Waals surface area contributed by atoms with E-state index in [0.29, 0.717) is 12.5 Å². The van der Waals surface area contributed by atoms with Crippen LogP contribution >= 0.6 is 0 Å². The van der Waals surface area contributed by atoms with E-state index < -0.39 is 0 Å². The minimum absolute atomic E-state index is 0.277. The second-order valence-electron chi connectivity index (χ2n) is 3.60. The number of hydrogen-bond acceptors (Lipinski definition) is 3. The largest absolute Gasteiger partial charge is 0.388 e. The van der Waals surface area contributed by atoms with Crippen molar-refractivity contribution < 1.29 is 4.74 Å². The zero-order valence-electron chi connectivity index (χ0n) is 8.25. The Morgan fingerprint density at radius 1 is 1.54 bits per heavy atom. The summed E-state index contributed by atoms with van der Waals surface area (Å²) in [6.07, 6.45) is 2.89. The molecule has 1 aliphatic rings.